The predicted molar refractivity (Wildman–Crippen MR) is 68.8 cm³/mol. The Balaban J connectivity index is 2.26. The molecule has 0 fully saturated rings. The molecule has 1 atom stereocenters. The summed E-state index contributed by atoms with van der Waals surface area (Å²) in [6, 6.07) is 14.3. The Labute approximate surface area is 101 Å². The molecule has 2 heteroatoms. The highest BCUT2D eigenvalue weighted by atomic mass is 16.4. The van der Waals surface area contributed by atoms with Crippen molar-refractivity contribution in [2.24, 2.45) is 5.92 Å². The van der Waals surface area contributed by atoms with Gasteiger partial charge in [-0.05, 0) is 35.6 Å². The number of hydrogen-bond donors (Lipinski definition) is 1. The summed E-state index contributed by atoms with van der Waals surface area (Å²) in [5.41, 5.74) is 1.17. The molecule has 0 aliphatic carbocycles. The Morgan fingerprint density at radius 1 is 1.18 bits per heavy atom. The molecule has 2 rings (SSSR count). The molecule has 0 saturated heterocycles. The Hall–Kier alpha value is -1.83. The molecule has 0 amide bonds. The van der Waals surface area contributed by atoms with Crippen molar-refractivity contribution in [1.82, 2.24) is 0 Å². The molecule has 2 nitrogen and oxygen atoms in total. The topological polar surface area (TPSA) is 37.3 Å². The van der Waals surface area contributed by atoms with E-state index in [0.29, 0.717) is 6.42 Å². The van der Waals surface area contributed by atoms with Crippen molar-refractivity contribution in [3.05, 3.63) is 55.0 Å². The summed E-state index contributed by atoms with van der Waals surface area (Å²) in [4.78, 5) is 10.6. The second-order valence-corrected chi connectivity index (χ2v) is 4.31. The van der Waals surface area contributed by atoms with Gasteiger partial charge >= 0.3 is 5.97 Å². The first-order valence-corrected chi connectivity index (χ1v) is 5.68. The predicted octanol–water partition coefficient (Wildman–Crippen LogP) is 3.31. The van der Waals surface area contributed by atoms with Crippen LogP contribution in [0.25, 0.3) is 10.8 Å². The van der Waals surface area contributed by atoms with Crippen LogP contribution in [0.4, 0.5) is 0 Å². The van der Waals surface area contributed by atoms with E-state index < -0.39 is 5.97 Å². The normalized spacial score (nSPS) is 12.5. The van der Waals surface area contributed by atoms with Crippen LogP contribution < -0.4 is 0 Å². The molecule has 1 N–H and O–H groups in total. The number of aliphatic carboxylic acids is 1. The van der Waals surface area contributed by atoms with Gasteiger partial charge in [0.1, 0.15) is 0 Å². The van der Waals surface area contributed by atoms with Gasteiger partial charge in [0.2, 0.25) is 0 Å². The van der Waals surface area contributed by atoms with E-state index in [4.69, 9.17) is 5.11 Å². The highest BCUT2D eigenvalue weighted by molar-refractivity contribution is 5.85. The number of carboxylic acids is 1. The van der Waals surface area contributed by atoms with E-state index in [-0.39, 0.29) is 12.3 Å². The average molecular weight is 227 g/mol. The molecule has 17 heavy (non-hydrogen) atoms. The van der Waals surface area contributed by atoms with Gasteiger partial charge in [0, 0.05) is 6.42 Å². The summed E-state index contributed by atoms with van der Waals surface area (Å²) in [5, 5.41) is 11.1. The third-order valence-corrected chi connectivity index (χ3v) is 2.85. The van der Waals surface area contributed by atoms with E-state index in [0.717, 1.165) is 0 Å². The summed E-state index contributed by atoms with van der Waals surface area (Å²) in [6.07, 6.45) is 0.816. The number of rotatable bonds is 4. The molecule has 0 spiro atoms. The van der Waals surface area contributed by atoms with Crippen LogP contribution in [0.3, 0.4) is 0 Å². The fraction of sp³-hybridized carbons (Fsp3) is 0.200. The molecule has 2 aromatic carbocycles. The lowest BCUT2D eigenvalue weighted by Crippen LogP contribution is -2.07. The van der Waals surface area contributed by atoms with Crippen molar-refractivity contribution in [3.8, 4) is 0 Å². The van der Waals surface area contributed by atoms with Crippen molar-refractivity contribution in [2.75, 3.05) is 0 Å². The molecule has 0 aliphatic rings. The minimum atomic E-state index is -0.787. The number of benzene rings is 2. The van der Waals surface area contributed by atoms with Gasteiger partial charge in [0.05, 0.1) is 0 Å². The molecule has 2 aromatic rings. The molecular weight excluding hydrogens is 212 g/mol. The third kappa shape index (κ3) is 2.84. The Bertz CT molecular complexity index is 526. The second kappa shape index (κ2) is 5.00. The number of hydrogen-bond acceptors (Lipinski definition) is 1. The van der Waals surface area contributed by atoms with Crippen molar-refractivity contribution >= 4 is 16.7 Å². The maximum absolute atomic E-state index is 10.6. The van der Waals surface area contributed by atoms with Crippen LogP contribution in [-0.2, 0) is 11.2 Å². The molecule has 0 saturated carbocycles. The van der Waals surface area contributed by atoms with Crippen LogP contribution in [0.1, 0.15) is 12.0 Å². The van der Waals surface area contributed by atoms with E-state index in [9.17, 15) is 4.79 Å². The lowest BCUT2D eigenvalue weighted by atomic mass is 9.94. The quantitative estimate of drug-likeness (QED) is 0.870. The summed E-state index contributed by atoms with van der Waals surface area (Å²) >= 11 is 0. The summed E-state index contributed by atoms with van der Waals surface area (Å²) in [6.45, 7) is 3.90. The number of fused-ring (bicyclic) bond motifs is 1. The van der Waals surface area contributed by atoms with Crippen molar-refractivity contribution in [2.45, 2.75) is 12.8 Å². The molecule has 0 bridgehead atoms. The van der Waals surface area contributed by atoms with E-state index in [1.807, 2.05) is 24.3 Å². The van der Waals surface area contributed by atoms with Crippen LogP contribution in [0.15, 0.2) is 42.5 Å². The lowest BCUT2D eigenvalue weighted by Gasteiger charge is -2.11. The highest BCUT2D eigenvalue weighted by Crippen LogP contribution is 2.21. The first-order valence-electron chi connectivity index (χ1n) is 5.68. The fourth-order valence-corrected chi connectivity index (χ4v) is 2.10. The first kappa shape index (κ1) is 11.6. The van der Waals surface area contributed by atoms with Crippen LogP contribution in [-0.4, -0.2) is 11.1 Å². The molecule has 0 aromatic heterocycles. The van der Waals surface area contributed by atoms with Crippen molar-refractivity contribution < 1.29 is 9.90 Å². The maximum Gasteiger partial charge on any atom is 0.303 e. The summed E-state index contributed by atoms with van der Waals surface area (Å²) in [5.74, 6) is -0.872. The van der Waals surface area contributed by atoms with Crippen LogP contribution in [0.2, 0.25) is 0 Å². The zero-order valence-electron chi connectivity index (χ0n) is 9.60. The van der Waals surface area contributed by atoms with E-state index in [1.54, 1.807) is 0 Å². The number of carboxylic acid groups (broad SMARTS) is 1. The molecule has 87 valence electrons. The Morgan fingerprint density at radius 3 is 2.65 bits per heavy atom. The zero-order chi connectivity index (χ0) is 12.3. The third-order valence-electron chi connectivity index (χ3n) is 2.85. The van der Waals surface area contributed by atoms with Gasteiger partial charge in [-0.2, -0.15) is 0 Å². The standard InChI is InChI=1S/C15H15O2/c1-11(10-15(16)17)9-13-7-4-6-12-5-2-3-8-14(12)13/h2-8,11H,1,9-10H2,(H,16,17). The molecule has 0 aliphatic heterocycles. The van der Waals surface area contributed by atoms with Gasteiger partial charge < -0.3 is 5.11 Å². The average Bonchev–Trinajstić information content (AvgIpc) is 2.28. The number of carbonyl (C=O) groups is 1. The van der Waals surface area contributed by atoms with E-state index in [2.05, 4.69) is 25.1 Å². The minimum Gasteiger partial charge on any atom is -0.481 e. The van der Waals surface area contributed by atoms with Gasteiger partial charge in [-0.15, -0.1) is 0 Å². The van der Waals surface area contributed by atoms with Gasteiger partial charge in [0.15, 0.2) is 0 Å². The van der Waals surface area contributed by atoms with Gasteiger partial charge in [-0.3, -0.25) is 4.79 Å². The SMILES string of the molecule is [CH2]C(CC(=O)O)Cc1cccc2ccccc12. The smallest absolute Gasteiger partial charge is 0.303 e. The largest absolute Gasteiger partial charge is 0.481 e. The monoisotopic (exact) mass is 227 g/mol. The first-order chi connectivity index (χ1) is 8.16. The minimum absolute atomic E-state index is 0.0849. The molecular formula is C15H15O2. The second-order valence-electron chi connectivity index (χ2n) is 4.31. The Kier molecular flexibility index (Phi) is 3.43. The van der Waals surface area contributed by atoms with E-state index >= 15 is 0 Å². The summed E-state index contributed by atoms with van der Waals surface area (Å²) < 4.78 is 0. The van der Waals surface area contributed by atoms with Crippen molar-refractivity contribution in [1.29, 1.82) is 0 Å². The van der Waals surface area contributed by atoms with Crippen LogP contribution in [0.5, 0.6) is 0 Å². The summed E-state index contributed by atoms with van der Waals surface area (Å²) in [7, 11) is 0. The fourth-order valence-electron chi connectivity index (χ4n) is 2.10. The highest BCUT2D eigenvalue weighted by Gasteiger charge is 2.10. The zero-order valence-corrected chi connectivity index (χ0v) is 9.60. The lowest BCUT2D eigenvalue weighted by molar-refractivity contribution is -0.137. The van der Waals surface area contributed by atoms with Crippen molar-refractivity contribution in [3.63, 3.8) is 0 Å². The van der Waals surface area contributed by atoms with Crippen LogP contribution in [0, 0.1) is 12.8 Å². The van der Waals surface area contributed by atoms with Crippen LogP contribution >= 0.6 is 0 Å². The van der Waals surface area contributed by atoms with E-state index in [1.165, 1.54) is 16.3 Å². The molecule has 1 radical (unpaired) electrons. The van der Waals surface area contributed by atoms with Gasteiger partial charge in [-0.25, -0.2) is 0 Å². The molecule has 1 unspecified atom stereocenters. The van der Waals surface area contributed by atoms with Gasteiger partial charge in [0.25, 0.3) is 0 Å². The van der Waals surface area contributed by atoms with Gasteiger partial charge in [-0.1, -0.05) is 42.5 Å². The Morgan fingerprint density at radius 2 is 1.88 bits per heavy atom. The maximum atomic E-state index is 10.6. The molecule has 0 heterocycles.